The van der Waals surface area contributed by atoms with Crippen molar-refractivity contribution in [2.45, 2.75) is 0 Å². The highest BCUT2D eigenvalue weighted by molar-refractivity contribution is 5.97. The van der Waals surface area contributed by atoms with E-state index in [1.54, 1.807) is 49.6 Å². The minimum Gasteiger partial charge on any atom is -0.343 e. The first kappa shape index (κ1) is 17.6. The Morgan fingerprint density at radius 1 is 0.933 bits per heavy atom. The summed E-state index contributed by atoms with van der Waals surface area (Å²) in [5, 5.41) is 18.3. The monoisotopic (exact) mass is 402 g/mol. The Bertz CT molecular complexity index is 1410. The molecule has 1 amide bonds. The van der Waals surface area contributed by atoms with Gasteiger partial charge in [0, 0.05) is 13.2 Å². The van der Waals surface area contributed by atoms with Gasteiger partial charge in [0.1, 0.15) is 22.2 Å². The molecule has 0 spiro atoms. The van der Waals surface area contributed by atoms with Crippen LogP contribution in [0.3, 0.4) is 0 Å². The number of hydrogen-bond donors (Lipinski definition) is 1. The van der Waals surface area contributed by atoms with Gasteiger partial charge in [0.15, 0.2) is 0 Å². The van der Waals surface area contributed by atoms with Crippen LogP contribution in [-0.2, 0) is 7.05 Å². The molecular formula is C19H14N8O3. The molecule has 3 heterocycles. The summed E-state index contributed by atoms with van der Waals surface area (Å²) in [7, 11) is 1.66. The van der Waals surface area contributed by atoms with E-state index >= 15 is 0 Å². The minimum atomic E-state index is -0.653. The van der Waals surface area contributed by atoms with Gasteiger partial charge in [-0.25, -0.2) is 9.59 Å². The van der Waals surface area contributed by atoms with Gasteiger partial charge in [0.25, 0.3) is 0 Å². The maximum absolute atomic E-state index is 12.6. The van der Waals surface area contributed by atoms with Gasteiger partial charge in [-0.3, -0.25) is 0 Å². The highest BCUT2D eigenvalue weighted by Crippen LogP contribution is 2.16. The Hall–Kier alpha value is -4.54. The number of benzene rings is 2. The molecule has 148 valence electrons. The molecule has 0 bridgehead atoms. The lowest BCUT2D eigenvalue weighted by molar-refractivity contribution is 0.0398. The summed E-state index contributed by atoms with van der Waals surface area (Å²) < 4.78 is 2.69. The Morgan fingerprint density at radius 3 is 2.40 bits per heavy atom. The maximum atomic E-state index is 12.6. The summed E-state index contributed by atoms with van der Waals surface area (Å²) in [6, 6.07) is 15.2. The zero-order chi connectivity index (χ0) is 20.7. The molecule has 2 aromatic carbocycles. The van der Waals surface area contributed by atoms with Crippen molar-refractivity contribution in [3.05, 3.63) is 66.5 Å². The summed E-state index contributed by atoms with van der Waals surface area (Å²) in [5.41, 5.74) is 2.95. The number of fused-ring (bicyclic) bond motifs is 2. The fourth-order valence-electron chi connectivity index (χ4n) is 3.07. The molecule has 11 nitrogen and oxygen atoms in total. The van der Waals surface area contributed by atoms with Crippen molar-refractivity contribution >= 4 is 39.8 Å². The normalized spacial score (nSPS) is 11.1. The zero-order valence-electron chi connectivity index (χ0n) is 15.6. The highest BCUT2D eigenvalue weighted by atomic mass is 16.7. The molecular weight excluding hydrogens is 388 g/mol. The maximum Gasteiger partial charge on any atom is 0.382 e. The molecule has 0 saturated carbocycles. The molecule has 5 aromatic rings. The van der Waals surface area contributed by atoms with E-state index in [-0.39, 0.29) is 5.69 Å². The molecule has 0 saturated heterocycles. The van der Waals surface area contributed by atoms with Gasteiger partial charge < -0.3 is 14.7 Å². The number of rotatable bonds is 3. The van der Waals surface area contributed by atoms with Gasteiger partial charge in [-0.15, -0.1) is 10.2 Å². The third-order valence-electron chi connectivity index (χ3n) is 4.50. The largest absolute Gasteiger partial charge is 0.382 e. The molecule has 5 rings (SSSR count). The van der Waals surface area contributed by atoms with Gasteiger partial charge >= 0.3 is 12.0 Å². The van der Waals surface area contributed by atoms with Crippen LogP contribution in [0.25, 0.3) is 22.1 Å². The van der Waals surface area contributed by atoms with E-state index in [4.69, 9.17) is 4.84 Å². The van der Waals surface area contributed by atoms with Crippen molar-refractivity contribution in [3.8, 4) is 0 Å². The van der Waals surface area contributed by atoms with Crippen LogP contribution in [0.2, 0.25) is 0 Å². The van der Waals surface area contributed by atoms with Crippen molar-refractivity contribution in [2.75, 3.05) is 5.32 Å². The van der Waals surface area contributed by atoms with Gasteiger partial charge in [-0.2, -0.15) is 4.68 Å². The number of aromatic nitrogens is 7. The molecule has 0 aliphatic heterocycles. The second-order valence-corrected chi connectivity index (χ2v) is 6.47. The molecule has 30 heavy (non-hydrogen) atoms. The second-order valence-electron chi connectivity index (χ2n) is 6.47. The first-order valence-corrected chi connectivity index (χ1v) is 8.91. The number of carbonyl (C=O) groups is 2. The highest BCUT2D eigenvalue weighted by Gasteiger charge is 2.19. The molecule has 0 aliphatic carbocycles. The van der Waals surface area contributed by atoms with Crippen molar-refractivity contribution in [1.29, 1.82) is 0 Å². The Labute approximate surface area is 168 Å². The molecule has 3 aromatic heterocycles. The molecule has 11 heteroatoms. The van der Waals surface area contributed by atoms with Crippen LogP contribution >= 0.6 is 0 Å². The second kappa shape index (κ2) is 6.81. The average Bonchev–Trinajstić information content (AvgIpc) is 3.45. The van der Waals surface area contributed by atoms with Gasteiger partial charge in [0.05, 0.1) is 11.2 Å². The van der Waals surface area contributed by atoms with Gasteiger partial charge in [-0.05, 0) is 35.5 Å². The SMILES string of the molecule is Cn1cc(NC(=O)n2nnc3ccccc32)cc1C(=O)On1nnc2ccccc21. The first-order valence-electron chi connectivity index (χ1n) is 8.91. The Balaban J connectivity index is 1.36. The lowest BCUT2D eigenvalue weighted by Gasteiger charge is -2.03. The van der Waals surface area contributed by atoms with Crippen LogP contribution in [0.4, 0.5) is 10.5 Å². The molecule has 0 fully saturated rings. The number of para-hydroxylation sites is 2. The van der Waals surface area contributed by atoms with Crippen LogP contribution in [0.1, 0.15) is 10.5 Å². The summed E-state index contributed by atoms with van der Waals surface area (Å²) >= 11 is 0. The van der Waals surface area contributed by atoms with E-state index < -0.39 is 12.0 Å². The predicted molar refractivity (Wildman–Crippen MR) is 106 cm³/mol. The number of nitrogens with one attached hydrogen (secondary N) is 1. The smallest absolute Gasteiger partial charge is 0.343 e. The number of hydrogen-bond acceptors (Lipinski definition) is 7. The van der Waals surface area contributed by atoms with Gasteiger partial charge in [0.2, 0.25) is 0 Å². The standard InChI is InChI=1S/C19H14N8O3/c1-25-11-12(20-19(29)26-15-8-4-2-6-13(15)21-23-26)10-17(25)18(28)30-27-16-9-5-3-7-14(16)22-24-27/h2-11H,1H3,(H,20,29). The van der Waals surface area contributed by atoms with Gasteiger partial charge in [-0.1, -0.05) is 34.3 Å². The number of aryl methyl sites for hydroxylation is 1. The summed E-state index contributed by atoms with van der Waals surface area (Å²) in [5.74, 6) is -0.653. The topological polar surface area (TPSA) is 122 Å². The average molecular weight is 402 g/mol. The molecule has 0 atom stereocenters. The van der Waals surface area contributed by atoms with Crippen LogP contribution in [0.5, 0.6) is 0 Å². The van der Waals surface area contributed by atoms with Crippen LogP contribution < -0.4 is 10.2 Å². The summed E-state index contributed by atoms with van der Waals surface area (Å²) in [4.78, 5) is 31.6. The number of amides is 1. The number of anilines is 1. The predicted octanol–water partition coefficient (Wildman–Crippen LogP) is 1.86. The lowest BCUT2D eigenvalue weighted by Crippen LogP contribution is -2.23. The molecule has 0 aliphatic rings. The van der Waals surface area contributed by atoms with Crippen molar-refractivity contribution in [3.63, 3.8) is 0 Å². The van der Waals surface area contributed by atoms with Crippen molar-refractivity contribution < 1.29 is 14.4 Å². The number of carbonyl (C=O) groups excluding carboxylic acids is 2. The zero-order valence-corrected chi connectivity index (χ0v) is 15.6. The van der Waals surface area contributed by atoms with E-state index in [1.807, 2.05) is 12.1 Å². The third-order valence-corrected chi connectivity index (χ3v) is 4.50. The summed E-state index contributed by atoms with van der Waals surface area (Å²) in [6.45, 7) is 0. The molecule has 0 unspecified atom stereocenters. The fraction of sp³-hybridized carbons (Fsp3) is 0.0526. The third kappa shape index (κ3) is 2.94. The van der Waals surface area contributed by atoms with E-state index in [9.17, 15) is 9.59 Å². The Morgan fingerprint density at radius 2 is 1.60 bits per heavy atom. The van der Waals surface area contributed by atoms with Crippen molar-refractivity contribution in [1.82, 2.24) is 34.7 Å². The minimum absolute atomic E-state index is 0.216. The quantitative estimate of drug-likeness (QED) is 0.457. The fourth-order valence-corrected chi connectivity index (χ4v) is 3.07. The lowest BCUT2D eigenvalue weighted by atomic mass is 10.3. The first-order chi connectivity index (χ1) is 14.6. The Kier molecular flexibility index (Phi) is 3.98. The van der Waals surface area contributed by atoms with E-state index in [1.165, 1.54) is 10.6 Å². The van der Waals surface area contributed by atoms with Crippen LogP contribution in [0.15, 0.2) is 60.8 Å². The molecule has 0 radical (unpaired) electrons. The van der Waals surface area contributed by atoms with Crippen LogP contribution in [-0.4, -0.2) is 46.7 Å². The molecule has 1 N–H and O–H groups in total. The van der Waals surface area contributed by atoms with E-state index in [2.05, 4.69) is 25.9 Å². The van der Waals surface area contributed by atoms with E-state index in [0.717, 1.165) is 9.53 Å². The van der Waals surface area contributed by atoms with E-state index in [0.29, 0.717) is 27.8 Å². The number of nitrogens with zero attached hydrogens (tertiary/aromatic N) is 7. The van der Waals surface area contributed by atoms with Crippen molar-refractivity contribution in [2.24, 2.45) is 7.05 Å². The summed E-state index contributed by atoms with van der Waals surface area (Å²) in [6.07, 6.45) is 1.59. The van der Waals surface area contributed by atoms with Crippen LogP contribution in [0, 0.1) is 0 Å².